The van der Waals surface area contributed by atoms with Crippen LogP contribution in [0, 0.1) is 0 Å². The first-order chi connectivity index (χ1) is 23.0. The third-order valence-electron chi connectivity index (χ3n) is 9.01. The average molecular weight is 698 g/mol. The van der Waals surface area contributed by atoms with Crippen LogP contribution in [0.3, 0.4) is 0 Å². The number of hydrogen-bond donors (Lipinski definition) is 6. The standard InChI is InChI=1S/C34H45NO13.Na/c1-18-25(36)27(38)28(39)33(44-18)46-21-14-8-9-15-22(21)47-34-29(40)30(45-23(32(42)43)16-19-10-4-2-5-11-19)26(37)24(48-34)17-35-31(41)20-12-6-3-7-13-20;/h2-7,10-13,18,21-30,33-34,36-40H,8-9,14-17H2,1H3,(H,35,41)(H,42,43);/q;+1/p-1/t18-,21?,22+,23+,24-,25-,26+,27-,28-,29+,30+,33-,34?;/m1./s1. The SMILES string of the molecule is C[C@H]1O[C@H](OC2CCCC[C@@H]2OC2O[C@H](CN=C([O-])c3ccccc3)[C@H](O)[C@H](O[C@@H](Cc3ccccc3)C(=O)O)[C@@H]2O)[C@H](O)[C@H](O)[C@@H]1O.[Na+]. The molecule has 6 N–H and O–H groups in total. The van der Waals surface area contributed by atoms with Crippen molar-refractivity contribution in [2.24, 2.45) is 4.99 Å². The third kappa shape index (κ3) is 10.1. The fraction of sp³-hybridized carbons (Fsp3) is 0.588. The minimum absolute atomic E-state index is 0. The van der Waals surface area contributed by atoms with Gasteiger partial charge in [-0.15, -0.1) is 0 Å². The topological polar surface area (TPSA) is 220 Å². The van der Waals surface area contributed by atoms with E-state index in [1.165, 1.54) is 0 Å². The zero-order chi connectivity index (χ0) is 34.4. The van der Waals surface area contributed by atoms with Crippen LogP contribution in [0.15, 0.2) is 65.7 Å². The van der Waals surface area contributed by atoms with Crippen molar-refractivity contribution in [2.75, 3.05) is 6.54 Å². The Morgan fingerprint density at radius 2 is 1.41 bits per heavy atom. The quantitative estimate of drug-likeness (QED) is 0.0722. The second-order valence-electron chi connectivity index (χ2n) is 12.5. The molecule has 0 radical (unpaired) electrons. The summed E-state index contributed by atoms with van der Waals surface area (Å²) in [5.74, 6) is -1.87. The van der Waals surface area contributed by atoms with Gasteiger partial charge in [-0.3, -0.25) is 4.99 Å². The fourth-order valence-electron chi connectivity index (χ4n) is 6.23. The molecule has 2 aromatic rings. The van der Waals surface area contributed by atoms with E-state index in [1.54, 1.807) is 67.6 Å². The van der Waals surface area contributed by atoms with Gasteiger partial charge in [0.05, 0.1) is 24.9 Å². The Morgan fingerprint density at radius 3 is 2.00 bits per heavy atom. The van der Waals surface area contributed by atoms with Gasteiger partial charge >= 0.3 is 35.5 Å². The molecule has 2 unspecified atom stereocenters. The second kappa shape index (κ2) is 18.5. The number of carboxylic acids is 1. The Hall–Kier alpha value is -2.02. The van der Waals surface area contributed by atoms with E-state index in [0.29, 0.717) is 24.0 Å². The molecule has 3 fully saturated rings. The number of aliphatic hydroxyl groups is 5. The fourth-order valence-corrected chi connectivity index (χ4v) is 6.23. The number of benzene rings is 2. The van der Waals surface area contributed by atoms with E-state index in [4.69, 9.17) is 23.7 Å². The number of carboxylic acid groups (broad SMARTS) is 1. The van der Waals surface area contributed by atoms with Crippen LogP contribution in [0.4, 0.5) is 0 Å². The molecule has 1 aliphatic carbocycles. The number of carbonyl (C=O) groups is 1. The minimum atomic E-state index is -1.67. The first kappa shape index (κ1) is 39.8. The molecule has 264 valence electrons. The zero-order valence-corrected chi connectivity index (χ0v) is 29.5. The van der Waals surface area contributed by atoms with Gasteiger partial charge in [0, 0.05) is 6.42 Å². The molecule has 1 saturated carbocycles. The maximum Gasteiger partial charge on any atom is 1.00 e. The average Bonchev–Trinajstić information content (AvgIpc) is 3.09. The van der Waals surface area contributed by atoms with E-state index in [2.05, 4.69) is 4.99 Å². The molecule has 0 amide bonds. The van der Waals surface area contributed by atoms with Crippen molar-refractivity contribution in [2.45, 2.75) is 119 Å². The van der Waals surface area contributed by atoms with Crippen LogP contribution in [0.1, 0.15) is 43.7 Å². The Kier molecular flexibility index (Phi) is 15.0. The van der Waals surface area contributed by atoms with Crippen LogP contribution in [0.25, 0.3) is 0 Å². The Labute approximate surface area is 306 Å². The van der Waals surface area contributed by atoms with E-state index >= 15 is 0 Å². The second-order valence-corrected chi connectivity index (χ2v) is 12.5. The molecule has 2 heterocycles. The van der Waals surface area contributed by atoms with E-state index in [1.807, 2.05) is 0 Å². The number of aliphatic hydroxyl groups excluding tert-OH is 5. The van der Waals surface area contributed by atoms with Crippen molar-refractivity contribution < 1.29 is 93.8 Å². The Bertz CT molecular complexity index is 1340. The molecule has 13 atom stereocenters. The summed E-state index contributed by atoms with van der Waals surface area (Å²) in [5, 5.41) is 76.4. The first-order valence-electron chi connectivity index (χ1n) is 16.2. The maximum atomic E-state index is 12.8. The Balaban J connectivity index is 0.00000541. The summed E-state index contributed by atoms with van der Waals surface area (Å²) in [7, 11) is 0. The van der Waals surface area contributed by atoms with Crippen molar-refractivity contribution in [3.63, 3.8) is 0 Å². The number of nitrogens with zero attached hydrogens (tertiary/aromatic N) is 1. The molecule has 0 aromatic heterocycles. The summed E-state index contributed by atoms with van der Waals surface area (Å²) in [6.45, 7) is 1.20. The van der Waals surface area contributed by atoms with Gasteiger partial charge in [-0.2, -0.15) is 0 Å². The van der Waals surface area contributed by atoms with Crippen molar-refractivity contribution >= 4 is 11.9 Å². The predicted molar refractivity (Wildman–Crippen MR) is 166 cm³/mol. The van der Waals surface area contributed by atoms with Crippen molar-refractivity contribution in [1.29, 1.82) is 0 Å². The summed E-state index contributed by atoms with van der Waals surface area (Å²) in [6, 6.07) is 17.0. The van der Waals surface area contributed by atoms with Crippen LogP contribution < -0.4 is 34.7 Å². The predicted octanol–water partition coefficient (Wildman–Crippen LogP) is -3.50. The molecule has 49 heavy (non-hydrogen) atoms. The van der Waals surface area contributed by atoms with Crippen molar-refractivity contribution in [1.82, 2.24) is 0 Å². The number of ether oxygens (including phenoxy) is 5. The monoisotopic (exact) mass is 697 g/mol. The number of hydrogen-bond acceptors (Lipinski definition) is 13. The van der Waals surface area contributed by atoms with Gasteiger partial charge in [-0.1, -0.05) is 73.5 Å². The van der Waals surface area contributed by atoms with Gasteiger partial charge < -0.3 is 59.4 Å². The molecule has 2 aromatic carbocycles. The first-order valence-corrected chi connectivity index (χ1v) is 16.2. The van der Waals surface area contributed by atoms with Gasteiger partial charge in [-0.25, -0.2) is 4.79 Å². The molecule has 15 heteroatoms. The molecule has 5 rings (SSSR count). The molecular formula is C34H44NNaO13. The van der Waals surface area contributed by atoms with Crippen LogP contribution in [-0.2, 0) is 34.9 Å². The van der Waals surface area contributed by atoms with Crippen LogP contribution in [0.2, 0.25) is 0 Å². The summed E-state index contributed by atoms with van der Waals surface area (Å²) < 4.78 is 29.8. The largest absolute Gasteiger partial charge is 1.00 e. The zero-order valence-electron chi connectivity index (χ0n) is 27.5. The van der Waals surface area contributed by atoms with Crippen LogP contribution in [-0.4, -0.2) is 129 Å². The normalized spacial score (nSPS) is 36.0. The van der Waals surface area contributed by atoms with Crippen LogP contribution in [0.5, 0.6) is 0 Å². The van der Waals surface area contributed by atoms with E-state index < -0.39 is 91.6 Å². The van der Waals surface area contributed by atoms with Gasteiger partial charge in [0.25, 0.3) is 0 Å². The van der Waals surface area contributed by atoms with Crippen molar-refractivity contribution in [3.05, 3.63) is 71.8 Å². The van der Waals surface area contributed by atoms with Gasteiger partial charge in [0.1, 0.15) is 42.7 Å². The number of rotatable bonds is 12. The van der Waals surface area contributed by atoms with Crippen LogP contribution >= 0.6 is 0 Å². The summed E-state index contributed by atoms with van der Waals surface area (Å²) >= 11 is 0. The molecule has 2 aliphatic heterocycles. The number of aliphatic imine (C=N–C) groups is 1. The molecule has 14 nitrogen and oxygen atoms in total. The summed E-state index contributed by atoms with van der Waals surface area (Å²) in [5.41, 5.74) is 0.980. The minimum Gasteiger partial charge on any atom is -0.858 e. The van der Waals surface area contributed by atoms with Crippen molar-refractivity contribution in [3.8, 4) is 0 Å². The third-order valence-corrected chi connectivity index (χ3v) is 9.01. The maximum absolute atomic E-state index is 12.8. The smallest absolute Gasteiger partial charge is 0.858 e. The van der Waals surface area contributed by atoms with E-state index in [-0.39, 0.29) is 42.5 Å². The van der Waals surface area contributed by atoms with E-state index in [0.717, 1.165) is 12.8 Å². The molecule has 2 saturated heterocycles. The molecule has 3 aliphatic rings. The molecular weight excluding hydrogens is 653 g/mol. The van der Waals surface area contributed by atoms with Gasteiger partial charge in [0.2, 0.25) is 0 Å². The van der Waals surface area contributed by atoms with E-state index in [9.17, 15) is 40.5 Å². The van der Waals surface area contributed by atoms with Gasteiger partial charge in [0.15, 0.2) is 18.7 Å². The molecule has 0 spiro atoms. The summed E-state index contributed by atoms with van der Waals surface area (Å²) in [6.07, 6.45) is -14.4. The number of aliphatic carboxylic acids is 1. The molecule has 0 bridgehead atoms. The summed E-state index contributed by atoms with van der Waals surface area (Å²) in [4.78, 5) is 16.3. The Morgan fingerprint density at radius 1 is 0.837 bits per heavy atom. The van der Waals surface area contributed by atoms with Gasteiger partial charge in [-0.05, 0) is 36.8 Å².